The van der Waals surface area contributed by atoms with Gasteiger partial charge in [0.1, 0.15) is 5.75 Å². The molecule has 0 bridgehead atoms. The van der Waals surface area contributed by atoms with Gasteiger partial charge in [-0.15, -0.1) is 0 Å². The van der Waals surface area contributed by atoms with E-state index in [4.69, 9.17) is 4.74 Å². The maximum atomic E-state index is 12.2. The van der Waals surface area contributed by atoms with Crippen LogP contribution in [0.15, 0.2) is 48.5 Å². The fourth-order valence-corrected chi connectivity index (χ4v) is 2.36. The molecule has 0 spiro atoms. The van der Waals surface area contributed by atoms with Gasteiger partial charge < -0.3 is 20.5 Å². The Balaban J connectivity index is 1.74. The topological polar surface area (TPSA) is 87.7 Å². The van der Waals surface area contributed by atoms with Gasteiger partial charge >= 0.3 is 0 Å². The summed E-state index contributed by atoms with van der Waals surface area (Å²) in [4.78, 5) is 24.1. The van der Waals surface area contributed by atoms with Crippen molar-refractivity contribution in [3.05, 3.63) is 65.2 Å². The summed E-state index contributed by atoms with van der Waals surface area (Å²) in [6, 6.07) is 13.4. The average Bonchev–Trinajstić information content (AvgIpc) is 2.62. The minimum Gasteiger partial charge on any atom is -0.508 e. The number of rotatable bonds is 8. The van der Waals surface area contributed by atoms with Crippen LogP contribution in [0.5, 0.6) is 5.75 Å². The van der Waals surface area contributed by atoms with Crippen LogP contribution in [-0.4, -0.2) is 37.1 Å². The zero-order valence-corrected chi connectivity index (χ0v) is 14.1. The molecule has 0 unspecified atom stereocenters. The molecule has 0 radical (unpaired) electrons. The minimum absolute atomic E-state index is 0.0506. The number of carbonyl (C=O) groups excluding carboxylic acids is 2. The van der Waals surface area contributed by atoms with E-state index in [1.165, 1.54) is 12.1 Å². The molecule has 25 heavy (non-hydrogen) atoms. The molecule has 0 aliphatic rings. The van der Waals surface area contributed by atoms with Crippen molar-refractivity contribution in [3.63, 3.8) is 0 Å². The van der Waals surface area contributed by atoms with Gasteiger partial charge in [0.2, 0.25) is 0 Å². The highest BCUT2D eigenvalue weighted by atomic mass is 16.5. The zero-order chi connectivity index (χ0) is 18.1. The Bertz CT molecular complexity index is 731. The van der Waals surface area contributed by atoms with Crippen LogP contribution in [0.1, 0.15) is 32.7 Å². The Kier molecular flexibility index (Phi) is 6.98. The number of benzene rings is 2. The maximum Gasteiger partial charge on any atom is 0.251 e. The third kappa shape index (κ3) is 5.61. The Morgan fingerprint density at radius 1 is 1.00 bits per heavy atom. The lowest BCUT2D eigenvalue weighted by Gasteiger charge is -2.10. The summed E-state index contributed by atoms with van der Waals surface area (Å²) < 4.78 is 5.09. The molecule has 132 valence electrons. The lowest BCUT2D eigenvalue weighted by molar-refractivity contribution is 0.0948. The third-order valence-electron chi connectivity index (χ3n) is 3.59. The number of aromatic hydroxyl groups is 1. The molecule has 2 aromatic rings. The standard InChI is InChI=1S/C19H22N2O4/c1-25-13-15-6-2-3-9-17(15)19(24)21-11-5-10-20-18(23)14-7-4-8-16(22)12-14/h2-4,6-9,12,22H,5,10-11,13H2,1H3,(H,20,23)(H,21,24). The van der Waals surface area contributed by atoms with Gasteiger partial charge in [-0.25, -0.2) is 0 Å². The van der Waals surface area contributed by atoms with Crippen LogP contribution < -0.4 is 10.6 Å². The highest BCUT2D eigenvalue weighted by Gasteiger charge is 2.10. The second-order valence-corrected chi connectivity index (χ2v) is 5.51. The first-order chi connectivity index (χ1) is 12.1. The van der Waals surface area contributed by atoms with Crippen molar-refractivity contribution >= 4 is 11.8 Å². The molecule has 2 rings (SSSR count). The summed E-state index contributed by atoms with van der Waals surface area (Å²) in [6.07, 6.45) is 0.600. The van der Waals surface area contributed by atoms with Crippen molar-refractivity contribution in [3.8, 4) is 5.75 Å². The van der Waals surface area contributed by atoms with E-state index in [2.05, 4.69) is 10.6 Å². The first-order valence-electron chi connectivity index (χ1n) is 8.04. The summed E-state index contributed by atoms with van der Waals surface area (Å²) >= 11 is 0. The molecule has 6 nitrogen and oxygen atoms in total. The number of amides is 2. The van der Waals surface area contributed by atoms with Crippen LogP contribution in [0.3, 0.4) is 0 Å². The van der Waals surface area contributed by atoms with E-state index in [9.17, 15) is 14.7 Å². The minimum atomic E-state index is -0.257. The van der Waals surface area contributed by atoms with E-state index in [1.807, 2.05) is 18.2 Å². The van der Waals surface area contributed by atoms with Gasteiger partial charge in [0, 0.05) is 31.3 Å². The van der Waals surface area contributed by atoms with Crippen LogP contribution >= 0.6 is 0 Å². The van der Waals surface area contributed by atoms with Crippen LogP contribution in [-0.2, 0) is 11.3 Å². The van der Waals surface area contributed by atoms with Gasteiger partial charge in [-0.1, -0.05) is 24.3 Å². The van der Waals surface area contributed by atoms with E-state index < -0.39 is 0 Å². The zero-order valence-electron chi connectivity index (χ0n) is 14.1. The Labute approximate surface area is 146 Å². The largest absolute Gasteiger partial charge is 0.508 e. The number of ether oxygens (including phenoxy) is 1. The molecule has 0 atom stereocenters. The first-order valence-corrected chi connectivity index (χ1v) is 8.04. The molecule has 0 aliphatic carbocycles. The fraction of sp³-hybridized carbons (Fsp3) is 0.263. The molecule has 0 saturated carbocycles. The molecule has 0 aliphatic heterocycles. The highest BCUT2D eigenvalue weighted by molar-refractivity contribution is 5.95. The van der Waals surface area contributed by atoms with Crippen molar-refractivity contribution in [2.45, 2.75) is 13.0 Å². The highest BCUT2D eigenvalue weighted by Crippen LogP contribution is 2.11. The van der Waals surface area contributed by atoms with Crippen molar-refractivity contribution < 1.29 is 19.4 Å². The lowest BCUT2D eigenvalue weighted by atomic mass is 10.1. The summed E-state index contributed by atoms with van der Waals surface area (Å²) in [5.74, 6) is -0.366. The van der Waals surface area contributed by atoms with Gasteiger partial charge in [-0.3, -0.25) is 9.59 Å². The van der Waals surface area contributed by atoms with E-state index in [0.29, 0.717) is 37.2 Å². The van der Waals surface area contributed by atoms with Gasteiger partial charge in [0.15, 0.2) is 0 Å². The molecule has 3 N–H and O–H groups in total. The molecule has 6 heteroatoms. The van der Waals surface area contributed by atoms with E-state index in [0.717, 1.165) is 5.56 Å². The third-order valence-corrected chi connectivity index (χ3v) is 3.59. The number of carbonyl (C=O) groups is 2. The molecule has 0 heterocycles. The molecule has 0 saturated heterocycles. The van der Waals surface area contributed by atoms with Crippen molar-refractivity contribution in [1.82, 2.24) is 10.6 Å². The van der Waals surface area contributed by atoms with Gasteiger partial charge in [-0.05, 0) is 36.2 Å². The summed E-state index contributed by atoms with van der Waals surface area (Å²) in [5.41, 5.74) is 1.82. The van der Waals surface area contributed by atoms with Crippen molar-refractivity contribution in [1.29, 1.82) is 0 Å². The average molecular weight is 342 g/mol. The van der Waals surface area contributed by atoms with Crippen LogP contribution in [0.25, 0.3) is 0 Å². The predicted octanol–water partition coefficient (Wildman–Crippen LogP) is 2.09. The summed E-state index contributed by atoms with van der Waals surface area (Å²) in [7, 11) is 1.59. The SMILES string of the molecule is COCc1ccccc1C(=O)NCCCNC(=O)c1cccc(O)c1. The normalized spacial score (nSPS) is 10.3. The molecular weight excluding hydrogens is 320 g/mol. The first kappa shape index (κ1) is 18.5. The number of phenols is 1. The van der Waals surface area contributed by atoms with E-state index in [1.54, 1.807) is 25.3 Å². The molecular formula is C19H22N2O4. The van der Waals surface area contributed by atoms with Gasteiger partial charge in [0.25, 0.3) is 11.8 Å². The Hall–Kier alpha value is -2.86. The number of nitrogens with one attached hydrogen (secondary N) is 2. The maximum absolute atomic E-state index is 12.2. The smallest absolute Gasteiger partial charge is 0.251 e. The predicted molar refractivity (Wildman–Crippen MR) is 94.5 cm³/mol. The number of methoxy groups -OCH3 is 1. The number of hydrogen-bond acceptors (Lipinski definition) is 4. The van der Waals surface area contributed by atoms with Crippen molar-refractivity contribution in [2.24, 2.45) is 0 Å². The van der Waals surface area contributed by atoms with Crippen LogP contribution in [0, 0.1) is 0 Å². The molecule has 0 fully saturated rings. The Morgan fingerprint density at radius 2 is 1.72 bits per heavy atom. The lowest BCUT2D eigenvalue weighted by Crippen LogP contribution is -2.30. The second kappa shape index (κ2) is 9.44. The second-order valence-electron chi connectivity index (χ2n) is 5.51. The fourth-order valence-electron chi connectivity index (χ4n) is 2.36. The van der Waals surface area contributed by atoms with Gasteiger partial charge in [-0.2, -0.15) is 0 Å². The number of phenolic OH excluding ortho intramolecular Hbond substituents is 1. The van der Waals surface area contributed by atoms with Crippen molar-refractivity contribution in [2.75, 3.05) is 20.2 Å². The molecule has 2 aromatic carbocycles. The van der Waals surface area contributed by atoms with E-state index in [-0.39, 0.29) is 17.6 Å². The van der Waals surface area contributed by atoms with E-state index >= 15 is 0 Å². The summed E-state index contributed by atoms with van der Waals surface area (Å²) in [5, 5.41) is 14.9. The summed E-state index contributed by atoms with van der Waals surface area (Å²) in [6.45, 7) is 1.25. The molecule has 2 amide bonds. The quantitative estimate of drug-likeness (QED) is 0.641. The van der Waals surface area contributed by atoms with Crippen LogP contribution in [0.4, 0.5) is 0 Å². The number of hydrogen-bond donors (Lipinski definition) is 3. The van der Waals surface area contributed by atoms with Crippen LogP contribution in [0.2, 0.25) is 0 Å². The molecule has 0 aromatic heterocycles. The Morgan fingerprint density at radius 3 is 2.44 bits per heavy atom. The van der Waals surface area contributed by atoms with Gasteiger partial charge in [0.05, 0.1) is 6.61 Å². The monoisotopic (exact) mass is 342 g/mol.